The summed E-state index contributed by atoms with van der Waals surface area (Å²) in [5.41, 5.74) is 1.35. The van der Waals surface area contributed by atoms with Gasteiger partial charge in [-0.2, -0.15) is 5.10 Å². The van der Waals surface area contributed by atoms with Crippen molar-refractivity contribution in [2.45, 2.75) is 40.2 Å². The molecule has 4 heteroatoms. The lowest BCUT2D eigenvalue weighted by atomic mass is 10.3. The predicted molar refractivity (Wildman–Crippen MR) is 65.6 cm³/mol. The van der Waals surface area contributed by atoms with Gasteiger partial charge >= 0.3 is 5.97 Å². The molecule has 1 aromatic rings. The van der Waals surface area contributed by atoms with Crippen molar-refractivity contribution in [1.29, 1.82) is 0 Å². The zero-order valence-corrected chi connectivity index (χ0v) is 10.6. The molecule has 1 aromatic heterocycles. The molecule has 92 valence electrons. The monoisotopic (exact) mass is 234 g/mol. The van der Waals surface area contributed by atoms with E-state index in [0.717, 1.165) is 18.5 Å². The lowest BCUT2D eigenvalue weighted by Gasteiger charge is -2.05. The molecule has 17 heavy (non-hydrogen) atoms. The Morgan fingerprint density at radius 2 is 2.35 bits per heavy atom. The van der Waals surface area contributed by atoms with Crippen molar-refractivity contribution in [2.24, 2.45) is 0 Å². The van der Waals surface area contributed by atoms with Gasteiger partial charge in [0.25, 0.3) is 0 Å². The number of carbonyl (C=O) groups is 1. The number of ether oxygens (including phenoxy) is 1. The van der Waals surface area contributed by atoms with E-state index in [1.165, 1.54) is 0 Å². The average Bonchev–Trinajstić information content (AvgIpc) is 2.66. The first-order chi connectivity index (χ1) is 8.19. The van der Waals surface area contributed by atoms with Crippen LogP contribution in [0.5, 0.6) is 0 Å². The number of nitrogens with zero attached hydrogens (tertiary/aromatic N) is 2. The van der Waals surface area contributed by atoms with Gasteiger partial charge in [-0.1, -0.05) is 0 Å². The molecule has 0 aliphatic rings. The predicted octanol–water partition coefficient (Wildman–Crippen LogP) is 2.17. The largest absolute Gasteiger partial charge is 0.461 e. The molecule has 0 unspecified atom stereocenters. The maximum absolute atomic E-state index is 11.7. The lowest BCUT2D eigenvalue weighted by molar-refractivity contribution is 0.0511. The quantitative estimate of drug-likeness (QED) is 0.445. The Bertz CT molecular complexity index is 438. The van der Waals surface area contributed by atoms with Crippen molar-refractivity contribution >= 4 is 5.97 Å². The fourth-order valence-electron chi connectivity index (χ4n) is 1.53. The van der Waals surface area contributed by atoms with E-state index >= 15 is 0 Å². The highest BCUT2D eigenvalue weighted by Gasteiger charge is 2.14. The molecule has 0 aliphatic heterocycles. The molecule has 0 N–H and O–H groups in total. The van der Waals surface area contributed by atoms with E-state index in [0.29, 0.717) is 18.8 Å². The highest BCUT2D eigenvalue weighted by atomic mass is 16.5. The van der Waals surface area contributed by atoms with Crippen LogP contribution in [-0.4, -0.2) is 22.4 Å². The van der Waals surface area contributed by atoms with Crippen LogP contribution in [0.3, 0.4) is 0 Å². The maximum Gasteiger partial charge on any atom is 0.356 e. The fourth-order valence-corrected chi connectivity index (χ4v) is 1.53. The number of aromatic nitrogens is 2. The van der Waals surface area contributed by atoms with Gasteiger partial charge in [0.2, 0.25) is 0 Å². The van der Waals surface area contributed by atoms with E-state index in [4.69, 9.17) is 4.74 Å². The fraction of sp³-hybridized carbons (Fsp3) is 0.538. The van der Waals surface area contributed by atoms with E-state index in [2.05, 4.69) is 16.9 Å². The smallest absolute Gasteiger partial charge is 0.356 e. The van der Waals surface area contributed by atoms with Crippen molar-refractivity contribution in [3.63, 3.8) is 0 Å². The number of unbranched alkanes of at least 4 members (excludes halogenated alkanes) is 1. The van der Waals surface area contributed by atoms with Crippen LogP contribution in [0.4, 0.5) is 0 Å². The third kappa shape index (κ3) is 3.95. The molecule has 0 saturated carbocycles. The van der Waals surface area contributed by atoms with Crippen molar-refractivity contribution < 1.29 is 9.53 Å². The number of esters is 1. The Morgan fingerprint density at radius 1 is 1.59 bits per heavy atom. The Kier molecular flexibility index (Phi) is 5.28. The summed E-state index contributed by atoms with van der Waals surface area (Å²) in [7, 11) is 0. The molecule has 0 aliphatic carbocycles. The van der Waals surface area contributed by atoms with Gasteiger partial charge in [0.05, 0.1) is 12.3 Å². The van der Waals surface area contributed by atoms with Crippen molar-refractivity contribution in [3.8, 4) is 11.8 Å². The molecule has 4 nitrogen and oxygen atoms in total. The molecule has 0 spiro atoms. The van der Waals surface area contributed by atoms with Crippen molar-refractivity contribution in [1.82, 2.24) is 9.78 Å². The Morgan fingerprint density at radius 3 is 3.00 bits per heavy atom. The molecular formula is C13H18N2O2. The second-order valence-corrected chi connectivity index (χ2v) is 3.64. The molecule has 0 amide bonds. The molecule has 0 aromatic carbocycles. The Balaban J connectivity index is 2.69. The van der Waals surface area contributed by atoms with Crippen LogP contribution < -0.4 is 0 Å². The van der Waals surface area contributed by atoms with Crippen LogP contribution in [0.25, 0.3) is 0 Å². The number of aryl methyl sites for hydroxylation is 2. The van der Waals surface area contributed by atoms with E-state index in [9.17, 15) is 4.79 Å². The molecule has 1 heterocycles. The minimum atomic E-state index is -0.310. The standard InChI is InChI=1S/C13H18N2O2/c1-4-6-7-8-9-15-12(10-11(3)14-15)13(16)17-5-2/h10H,5,7-9H2,1-3H3. The van der Waals surface area contributed by atoms with Crippen LogP contribution in [0.2, 0.25) is 0 Å². The number of hydrogen-bond acceptors (Lipinski definition) is 3. The maximum atomic E-state index is 11.7. The minimum Gasteiger partial charge on any atom is -0.461 e. The van der Waals surface area contributed by atoms with Crippen LogP contribution >= 0.6 is 0 Å². The van der Waals surface area contributed by atoms with E-state index < -0.39 is 0 Å². The first-order valence-corrected chi connectivity index (χ1v) is 5.80. The highest BCUT2D eigenvalue weighted by molar-refractivity contribution is 5.87. The third-order valence-corrected chi connectivity index (χ3v) is 2.24. The molecule has 0 saturated heterocycles. The lowest BCUT2D eigenvalue weighted by Crippen LogP contribution is -2.13. The van der Waals surface area contributed by atoms with Gasteiger partial charge in [-0.3, -0.25) is 4.68 Å². The van der Waals surface area contributed by atoms with Gasteiger partial charge in [-0.25, -0.2) is 4.79 Å². The summed E-state index contributed by atoms with van der Waals surface area (Å²) >= 11 is 0. The molecule has 0 atom stereocenters. The van der Waals surface area contributed by atoms with Crippen molar-refractivity contribution in [2.75, 3.05) is 6.61 Å². The topological polar surface area (TPSA) is 44.1 Å². The van der Waals surface area contributed by atoms with Gasteiger partial charge < -0.3 is 4.74 Å². The van der Waals surface area contributed by atoms with Crippen LogP contribution in [-0.2, 0) is 11.3 Å². The third-order valence-electron chi connectivity index (χ3n) is 2.24. The summed E-state index contributed by atoms with van der Waals surface area (Å²) in [5.74, 6) is 5.53. The van der Waals surface area contributed by atoms with Crippen molar-refractivity contribution in [3.05, 3.63) is 17.5 Å². The second-order valence-electron chi connectivity index (χ2n) is 3.64. The van der Waals surface area contributed by atoms with Crippen LogP contribution in [0.1, 0.15) is 42.9 Å². The minimum absolute atomic E-state index is 0.310. The number of hydrogen-bond donors (Lipinski definition) is 0. The normalized spacial score (nSPS) is 9.59. The number of rotatable bonds is 5. The zero-order chi connectivity index (χ0) is 12.7. The summed E-state index contributed by atoms with van der Waals surface area (Å²) in [5, 5.41) is 4.28. The van der Waals surface area contributed by atoms with Crippen LogP contribution in [0.15, 0.2) is 6.07 Å². The van der Waals surface area contributed by atoms with Gasteiger partial charge in [0.1, 0.15) is 5.69 Å². The highest BCUT2D eigenvalue weighted by Crippen LogP contribution is 2.07. The Hall–Kier alpha value is -1.76. The summed E-state index contributed by atoms with van der Waals surface area (Å²) in [6.07, 6.45) is 1.70. The molecule has 0 bridgehead atoms. The van der Waals surface area contributed by atoms with Gasteiger partial charge in [-0.05, 0) is 33.3 Å². The zero-order valence-electron chi connectivity index (χ0n) is 10.6. The molecule has 0 radical (unpaired) electrons. The molecular weight excluding hydrogens is 216 g/mol. The molecule has 1 rings (SSSR count). The first-order valence-electron chi connectivity index (χ1n) is 5.80. The summed E-state index contributed by atoms with van der Waals surface area (Å²) in [6, 6.07) is 1.75. The summed E-state index contributed by atoms with van der Waals surface area (Å²) in [4.78, 5) is 11.7. The average molecular weight is 234 g/mol. The first kappa shape index (κ1) is 13.3. The summed E-state index contributed by atoms with van der Waals surface area (Å²) < 4.78 is 6.68. The van der Waals surface area contributed by atoms with Gasteiger partial charge in [0.15, 0.2) is 0 Å². The second kappa shape index (κ2) is 6.74. The molecule has 0 fully saturated rings. The summed E-state index contributed by atoms with van der Waals surface area (Å²) in [6.45, 7) is 6.55. The SMILES string of the molecule is CC#CCCCn1nc(C)cc1C(=O)OCC. The van der Waals surface area contributed by atoms with Gasteiger partial charge in [-0.15, -0.1) is 11.8 Å². The van der Waals surface area contributed by atoms with Crippen LogP contribution in [0, 0.1) is 18.8 Å². The van der Waals surface area contributed by atoms with E-state index in [1.807, 2.05) is 13.8 Å². The van der Waals surface area contributed by atoms with E-state index in [1.54, 1.807) is 17.7 Å². The van der Waals surface area contributed by atoms with E-state index in [-0.39, 0.29) is 5.97 Å². The van der Waals surface area contributed by atoms with Gasteiger partial charge in [0, 0.05) is 13.0 Å². The number of carbonyl (C=O) groups excluding carboxylic acids is 1. The Labute approximate surface area is 102 Å².